The van der Waals surface area contributed by atoms with Gasteiger partial charge in [0.15, 0.2) is 5.65 Å². The molecule has 0 aliphatic heterocycles. The summed E-state index contributed by atoms with van der Waals surface area (Å²) < 4.78 is 14.0. The number of benzene rings is 2. The van der Waals surface area contributed by atoms with E-state index in [9.17, 15) is 14.0 Å². The fourth-order valence-corrected chi connectivity index (χ4v) is 2.99. The quantitative estimate of drug-likeness (QED) is 0.546. The predicted octanol–water partition coefficient (Wildman–Crippen LogP) is 2.78. The van der Waals surface area contributed by atoms with Crippen LogP contribution in [0.5, 0.6) is 0 Å². The van der Waals surface area contributed by atoms with Gasteiger partial charge in [0.25, 0.3) is 5.56 Å². The Morgan fingerprint density at radius 3 is 2.41 bits per heavy atom. The zero-order valence-electron chi connectivity index (χ0n) is 15.6. The van der Waals surface area contributed by atoms with Crippen LogP contribution in [0, 0.1) is 5.82 Å². The van der Waals surface area contributed by atoms with E-state index in [1.165, 1.54) is 18.3 Å². The molecule has 0 bridgehead atoms. The summed E-state index contributed by atoms with van der Waals surface area (Å²) in [6, 6.07) is 13.3. The highest BCUT2D eigenvalue weighted by molar-refractivity contribution is 5.73. The van der Waals surface area contributed by atoms with Gasteiger partial charge in [0.2, 0.25) is 5.95 Å². The summed E-state index contributed by atoms with van der Waals surface area (Å²) in [5, 5.41) is 3.20. The fourth-order valence-electron chi connectivity index (χ4n) is 2.99. The lowest BCUT2D eigenvalue weighted by atomic mass is 10.1. The number of aromatic amines is 1. The zero-order chi connectivity index (χ0) is 20.4. The Labute approximate surface area is 164 Å². The van der Waals surface area contributed by atoms with Crippen molar-refractivity contribution in [3.63, 3.8) is 0 Å². The lowest BCUT2D eigenvalue weighted by molar-refractivity contribution is 0.627. The van der Waals surface area contributed by atoms with Crippen molar-refractivity contribution in [1.82, 2.24) is 19.5 Å². The molecule has 7 nitrogen and oxygen atoms in total. The molecule has 146 valence electrons. The summed E-state index contributed by atoms with van der Waals surface area (Å²) in [6.07, 6.45) is 2.25. The molecule has 0 spiro atoms. The van der Waals surface area contributed by atoms with Crippen molar-refractivity contribution in [2.75, 3.05) is 5.32 Å². The monoisotopic (exact) mass is 391 g/mol. The second-order valence-electron chi connectivity index (χ2n) is 6.53. The number of halogens is 1. The molecule has 0 aliphatic carbocycles. The normalized spacial score (nSPS) is 11.0. The SMILES string of the molecule is CCc1ccc(-n2c(=O)[nH]c3nc(NCc4ccc(F)cc4)ncc3c2=O)cc1. The first-order valence-electron chi connectivity index (χ1n) is 9.15. The van der Waals surface area contributed by atoms with Gasteiger partial charge >= 0.3 is 5.69 Å². The van der Waals surface area contributed by atoms with E-state index >= 15 is 0 Å². The van der Waals surface area contributed by atoms with E-state index in [0.717, 1.165) is 22.1 Å². The number of nitrogens with zero attached hydrogens (tertiary/aromatic N) is 3. The molecule has 0 saturated heterocycles. The molecule has 4 rings (SSSR count). The first-order valence-corrected chi connectivity index (χ1v) is 9.15. The van der Waals surface area contributed by atoms with Crippen LogP contribution in [-0.4, -0.2) is 19.5 Å². The van der Waals surface area contributed by atoms with E-state index in [0.29, 0.717) is 12.2 Å². The third kappa shape index (κ3) is 3.77. The molecule has 0 amide bonds. The van der Waals surface area contributed by atoms with Crippen LogP contribution in [0.15, 0.2) is 64.3 Å². The van der Waals surface area contributed by atoms with Crippen LogP contribution in [0.25, 0.3) is 16.7 Å². The highest BCUT2D eigenvalue weighted by Crippen LogP contribution is 2.10. The lowest BCUT2D eigenvalue weighted by Gasteiger charge is -2.08. The molecule has 29 heavy (non-hydrogen) atoms. The molecule has 0 fully saturated rings. The van der Waals surface area contributed by atoms with Gasteiger partial charge in [0.05, 0.1) is 5.69 Å². The van der Waals surface area contributed by atoms with Crippen molar-refractivity contribution in [3.05, 3.63) is 92.5 Å². The van der Waals surface area contributed by atoms with Gasteiger partial charge in [-0.3, -0.25) is 9.78 Å². The van der Waals surface area contributed by atoms with Crippen LogP contribution in [0.2, 0.25) is 0 Å². The van der Waals surface area contributed by atoms with Crippen molar-refractivity contribution in [2.45, 2.75) is 19.9 Å². The molecule has 2 heterocycles. The van der Waals surface area contributed by atoms with Gasteiger partial charge < -0.3 is 5.32 Å². The molecule has 2 N–H and O–H groups in total. The summed E-state index contributed by atoms with van der Waals surface area (Å²) in [4.78, 5) is 36.4. The number of H-pyrrole nitrogens is 1. The number of fused-ring (bicyclic) bond motifs is 1. The molecule has 0 atom stereocenters. The van der Waals surface area contributed by atoms with Crippen LogP contribution < -0.4 is 16.6 Å². The van der Waals surface area contributed by atoms with Crippen molar-refractivity contribution < 1.29 is 4.39 Å². The summed E-state index contributed by atoms with van der Waals surface area (Å²) in [5.41, 5.74) is 1.52. The van der Waals surface area contributed by atoms with E-state index in [4.69, 9.17) is 0 Å². The van der Waals surface area contributed by atoms with Crippen molar-refractivity contribution in [1.29, 1.82) is 0 Å². The van der Waals surface area contributed by atoms with E-state index in [1.807, 2.05) is 19.1 Å². The molecular weight excluding hydrogens is 373 g/mol. The minimum absolute atomic E-state index is 0.151. The Morgan fingerprint density at radius 1 is 1.03 bits per heavy atom. The number of aromatic nitrogens is 4. The summed E-state index contributed by atoms with van der Waals surface area (Å²) in [7, 11) is 0. The topological polar surface area (TPSA) is 92.7 Å². The highest BCUT2D eigenvalue weighted by Gasteiger charge is 2.12. The maximum atomic E-state index is 13.0. The fraction of sp³-hybridized carbons (Fsp3) is 0.143. The largest absolute Gasteiger partial charge is 0.350 e. The predicted molar refractivity (Wildman–Crippen MR) is 109 cm³/mol. The first-order chi connectivity index (χ1) is 14.0. The van der Waals surface area contributed by atoms with Crippen molar-refractivity contribution in [3.8, 4) is 5.69 Å². The minimum atomic E-state index is -0.574. The van der Waals surface area contributed by atoms with Gasteiger partial charge in [-0.25, -0.2) is 18.7 Å². The van der Waals surface area contributed by atoms with E-state index in [1.54, 1.807) is 24.3 Å². The maximum absolute atomic E-state index is 13.0. The number of rotatable bonds is 5. The van der Waals surface area contributed by atoms with Crippen LogP contribution in [0.3, 0.4) is 0 Å². The molecule has 4 aromatic rings. The summed E-state index contributed by atoms with van der Waals surface area (Å²) >= 11 is 0. The lowest BCUT2D eigenvalue weighted by Crippen LogP contribution is -2.34. The van der Waals surface area contributed by atoms with Gasteiger partial charge in [0.1, 0.15) is 11.2 Å². The Balaban J connectivity index is 1.66. The van der Waals surface area contributed by atoms with Gasteiger partial charge in [-0.1, -0.05) is 31.2 Å². The summed E-state index contributed by atoms with van der Waals surface area (Å²) in [6.45, 7) is 2.40. The van der Waals surface area contributed by atoms with Gasteiger partial charge in [0, 0.05) is 12.7 Å². The third-order valence-corrected chi connectivity index (χ3v) is 4.62. The van der Waals surface area contributed by atoms with Crippen LogP contribution in [0.1, 0.15) is 18.1 Å². The Hall–Kier alpha value is -3.81. The molecule has 8 heteroatoms. The standard InChI is InChI=1S/C21H18FN5O2/c1-2-13-5-9-16(10-6-13)27-19(28)17-12-24-20(25-18(17)26-21(27)29)23-11-14-3-7-15(22)8-4-14/h3-10,12H,2,11H2,1H3,(H2,23,24,25,26,29). The van der Waals surface area contributed by atoms with E-state index < -0.39 is 11.2 Å². The molecular formula is C21H18FN5O2. The van der Waals surface area contributed by atoms with Gasteiger partial charge in [-0.2, -0.15) is 4.98 Å². The average molecular weight is 391 g/mol. The Bertz CT molecular complexity index is 1280. The van der Waals surface area contributed by atoms with Gasteiger partial charge in [-0.05, 0) is 41.8 Å². The maximum Gasteiger partial charge on any atom is 0.334 e. The van der Waals surface area contributed by atoms with Crippen LogP contribution in [-0.2, 0) is 13.0 Å². The molecule has 2 aromatic carbocycles. The van der Waals surface area contributed by atoms with E-state index in [-0.39, 0.29) is 22.8 Å². The Kier molecular flexibility index (Phi) is 4.90. The first kappa shape index (κ1) is 18.5. The van der Waals surface area contributed by atoms with E-state index in [2.05, 4.69) is 20.3 Å². The molecule has 0 saturated carbocycles. The Morgan fingerprint density at radius 2 is 1.72 bits per heavy atom. The molecule has 0 aliphatic rings. The van der Waals surface area contributed by atoms with Crippen LogP contribution >= 0.6 is 0 Å². The second kappa shape index (κ2) is 7.67. The highest BCUT2D eigenvalue weighted by atomic mass is 19.1. The third-order valence-electron chi connectivity index (χ3n) is 4.62. The molecule has 0 radical (unpaired) electrons. The van der Waals surface area contributed by atoms with Crippen molar-refractivity contribution in [2.24, 2.45) is 0 Å². The number of hydrogen-bond acceptors (Lipinski definition) is 5. The number of nitrogens with one attached hydrogen (secondary N) is 2. The zero-order valence-corrected chi connectivity index (χ0v) is 15.6. The number of anilines is 1. The minimum Gasteiger partial charge on any atom is -0.350 e. The average Bonchev–Trinajstić information content (AvgIpc) is 2.73. The second-order valence-corrected chi connectivity index (χ2v) is 6.53. The smallest absolute Gasteiger partial charge is 0.334 e. The van der Waals surface area contributed by atoms with Crippen LogP contribution in [0.4, 0.5) is 10.3 Å². The number of hydrogen-bond donors (Lipinski definition) is 2. The van der Waals surface area contributed by atoms with Gasteiger partial charge in [-0.15, -0.1) is 0 Å². The molecule has 0 unspecified atom stereocenters. The number of aryl methyl sites for hydroxylation is 1. The summed E-state index contributed by atoms with van der Waals surface area (Å²) in [5.74, 6) is -0.0594. The molecule has 2 aromatic heterocycles. The van der Waals surface area contributed by atoms with Crippen molar-refractivity contribution >= 4 is 17.0 Å².